The van der Waals surface area contributed by atoms with Crippen molar-refractivity contribution >= 4 is 29.5 Å². The molecule has 0 spiro atoms. The molecule has 0 radical (unpaired) electrons. The summed E-state index contributed by atoms with van der Waals surface area (Å²) in [6.07, 6.45) is 3.68. The molecule has 0 atom stereocenters. The summed E-state index contributed by atoms with van der Waals surface area (Å²) in [4.78, 5) is 16.1. The maximum atomic E-state index is 11.6. The van der Waals surface area contributed by atoms with Gasteiger partial charge in [0.2, 0.25) is 0 Å². The normalized spacial score (nSPS) is 10.9. The summed E-state index contributed by atoms with van der Waals surface area (Å²) in [5.74, 6) is -0.421. The SMILES string of the molecule is COC(=O)c1ccc(Cl)c(N=Cc2cccn2-c2ccccc2)c1. The summed E-state index contributed by atoms with van der Waals surface area (Å²) in [5, 5.41) is 0.469. The number of esters is 1. The van der Waals surface area contributed by atoms with Crippen LogP contribution < -0.4 is 0 Å². The van der Waals surface area contributed by atoms with Crippen molar-refractivity contribution in [3.63, 3.8) is 0 Å². The zero-order valence-electron chi connectivity index (χ0n) is 13.0. The van der Waals surface area contributed by atoms with Crippen LogP contribution in [0.4, 0.5) is 5.69 Å². The van der Waals surface area contributed by atoms with Crippen molar-refractivity contribution in [1.29, 1.82) is 0 Å². The van der Waals surface area contributed by atoms with Crippen LogP contribution in [0, 0.1) is 0 Å². The van der Waals surface area contributed by atoms with Gasteiger partial charge in [0.05, 0.1) is 35.3 Å². The molecule has 120 valence electrons. The highest BCUT2D eigenvalue weighted by Crippen LogP contribution is 2.26. The first-order chi connectivity index (χ1) is 11.7. The van der Waals surface area contributed by atoms with Gasteiger partial charge in [0.1, 0.15) is 0 Å². The molecule has 0 unspecified atom stereocenters. The van der Waals surface area contributed by atoms with Gasteiger partial charge >= 0.3 is 5.97 Å². The summed E-state index contributed by atoms with van der Waals surface area (Å²) in [6, 6.07) is 18.7. The summed E-state index contributed by atoms with van der Waals surface area (Å²) in [6.45, 7) is 0. The second-order valence-corrected chi connectivity index (χ2v) is 5.46. The van der Waals surface area contributed by atoms with Gasteiger partial charge in [-0.05, 0) is 42.5 Å². The van der Waals surface area contributed by atoms with E-state index in [1.807, 2.05) is 53.2 Å². The predicted molar refractivity (Wildman–Crippen MR) is 95.8 cm³/mol. The fourth-order valence-corrected chi connectivity index (χ4v) is 2.48. The van der Waals surface area contributed by atoms with Crippen molar-refractivity contribution in [2.24, 2.45) is 4.99 Å². The number of aliphatic imine (C=N–C) groups is 1. The number of ether oxygens (including phenoxy) is 1. The van der Waals surface area contributed by atoms with E-state index >= 15 is 0 Å². The molecule has 1 aromatic heterocycles. The molecule has 0 bridgehead atoms. The Morgan fingerprint density at radius 3 is 2.67 bits per heavy atom. The predicted octanol–water partition coefficient (Wildman–Crippen LogP) is 4.67. The Kier molecular flexibility index (Phi) is 4.77. The molecule has 1 heterocycles. The molecule has 0 fully saturated rings. The molecule has 24 heavy (non-hydrogen) atoms. The topological polar surface area (TPSA) is 43.6 Å². The summed E-state index contributed by atoms with van der Waals surface area (Å²) >= 11 is 6.17. The summed E-state index contributed by atoms with van der Waals surface area (Å²) in [5.41, 5.74) is 2.87. The van der Waals surface area contributed by atoms with Crippen LogP contribution in [0.25, 0.3) is 5.69 Å². The Morgan fingerprint density at radius 1 is 1.12 bits per heavy atom. The van der Waals surface area contributed by atoms with E-state index < -0.39 is 5.97 Å². The lowest BCUT2D eigenvalue weighted by Crippen LogP contribution is -2.00. The fourth-order valence-electron chi connectivity index (χ4n) is 2.32. The Labute approximate surface area is 145 Å². The van der Waals surface area contributed by atoms with E-state index in [0.717, 1.165) is 11.4 Å². The maximum Gasteiger partial charge on any atom is 0.337 e. The number of para-hydroxylation sites is 1. The van der Waals surface area contributed by atoms with Crippen LogP contribution in [0.15, 0.2) is 71.9 Å². The molecule has 0 aliphatic rings. The first-order valence-corrected chi connectivity index (χ1v) is 7.71. The van der Waals surface area contributed by atoms with Gasteiger partial charge in [0.15, 0.2) is 0 Å². The lowest BCUT2D eigenvalue weighted by atomic mass is 10.2. The minimum atomic E-state index is -0.421. The van der Waals surface area contributed by atoms with Crippen LogP contribution >= 0.6 is 11.6 Å². The zero-order valence-corrected chi connectivity index (χ0v) is 13.8. The van der Waals surface area contributed by atoms with Gasteiger partial charge < -0.3 is 9.30 Å². The molecule has 0 saturated heterocycles. The highest BCUT2D eigenvalue weighted by Gasteiger charge is 2.08. The van der Waals surface area contributed by atoms with Crippen molar-refractivity contribution < 1.29 is 9.53 Å². The average Bonchev–Trinajstić information content (AvgIpc) is 3.09. The van der Waals surface area contributed by atoms with E-state index in [0.29, 0.717) is 16.3 Å². The molecule has 4 nitrogen and oxygen atoms in total. The molecule has 3 rings (SSSR count). The second kappa shape index (κ2) is 7.15. The largest absolute Gasteiger partial charge is 0.465 e. The van der Waals surface area contributed by atoms with E-state index in [-0.39, 0.29) is 0 Å². The minimum Gasteiger partial charge on any atom is -0.465 e. The monoisotopic (exact) mass is 338 g/mol. The maximum absolute atomic E-state index is 11.6. The third kappa shape index (κ3) is 3.39. The quantitative estimate of drug-likeness (QED) is 0.512. The first kappa shape index (κ1) is 16.0. The Bertz CT molecular complexity index is 885. The molecule has 5 heteroatoms. The highest BCUT2D eigenvalue weighted by atomic mass is 35.5. The number of nitrogens with zero attached hydrogens (tertiary/aromatic N) is 2. The minimum absolute atomic E-state index is 0.410. The molecule has 0 aliphatic heterocycles. The molecular formula is C19H15ClN2O2. The molecule has 3 aromatic rings. The number of rotatable bonds is 4. The first-order valence-electron chi connectivity index (χ1n) is 7.34. The second-order valence-electron chi connectivity index (χ2n) is 5.05. The Balaban J connectivity index is 1.93. The summed E-state index contributed by atoms with van der Waals surface area (Å²) < 4.78 is 6.74. The molecular weight excluding hydrogens is 324 g/mol. The molecule has 2 aromatic carbocycles. The van der Waals surface area contributed by atoms with Crippen molar-refractivity contribution in [3.05, 3.63) is 83.1 Å². The number of benzene rings is 2. The van der Waals surface area contributed by atoms with Crippen LogP contribution in [0.5, 0.6) is 0 Å². The van der Waals surface area contributed by atoms with Crippen LogP contribution in [0.2, 0.25) is 5.02 Å². The Hall–Kier alpha value is -2.85. The number of methoxy groups -OCH3 is 1. The lowest BCUT2D eigenvalue weighted by molar-refractivity contribution is 0.0601. The molecule has 0 aliphatic carbocycles. The van der Waals surface area contributed by atoms with Crippen molar-refractivity contribution in [3.8, 4) is 5.69 Å². The van der Waals surface area contributed by atoms with Gasteiger partial charge in [-0.1, -0.05) is 29.8 Å². The van der Waals surface area contributed by atoms with E-state index in [9.17, 15) is 4.79 Å². The van der Waals surface area contributed by atoms with Crippen LogP contribution in [-0.4, -0.2) is 23.9 Å². The highest BCUT2D eigenvalue weighted by molar-refractivity contribution is 6.33. The number of halogens is 1. The van der Waals surface area contributed by atoms with Gasteiger partial charge in [-0.25, -0.2) is 4.79 Å². The van der Waals surface area contributed by atoms with Gasteiger partial charge in [-0.15, -0.1) is 0 Å². The van der Waals surface area contributed by atoms with Gasteiger partial charge in [-0.2, -0.15) is 0 Å². The smallest absolute Gasteiger partial charge is 0.337 e. The van der Waals surface area contributed by atoms with Gasteiger partial charge in [0.25, 0.3) is 0 Å². The third-order valence-corrected chi connectivity index (χ3v) is 3.84. The zero-order chi connectivity index (χ0) is 16.9. The molecule has 0 N–H and O–H groups in total. The van der Waals surface area contributed by atoms with Gasteiger partial charge in [0, 0.05) is 11.9 Å². The average molecular weight is 339 g/mol. The van der Waals surface area contributed by atoms with Crippen molar-refractivity contribution in [1.82, 2.24) is 4.57 Å². The third-order valence-electron chi connectivity index (χ3n) is 3.52. The van der Waals surface area contributed by atoms with Gasteiger partial charge in [-0.3, -0.25) is 4.99 Å². The molecule has 0 saturated carbocycles. The van der Waals surface area contributed by atoms with E-state index in [2.05, 4.69) is 4.99 Å². The number of hydrogen-bond donors (Lipinski definition) is 0. The number of aromatic nitrogens is 1. The number of hydrogen-bond acceptors (Lipinski definition) is 3. The van der Waals surface area contributed by atoms with E-state index in [4.69, 9.17) is 16.3 Å². The van der Waals surface area contributed by atoms with Crippen LogP contribution in [0.3, 0.4) is 0 Å². The summed E-state index contributed by atoms with van der Waals surface area (Å²) in [7, 11) is 1.34. The standard InChI is InChI=1S/C19H15ClN2O2/c1-24-19(23)14-9-10-17(20)18(12-14)21-13-16-8-5-11-22(16)15-6-3-2-4-7-15/h2-13H,1H3. The lowest BCUT2D eigenvalue weighted by Gasteiger charge is -2.06. The van der Waals surface area contributed by atoms with Crippen LogP contribution in [-0.2, 0) is 4.74 Å². The number of carbonyl (C=O) groups excluding carboxylic acids is 1. The van der Waals surface area contributed by atoms with Crippen molar-refractivity contribution in [2.75, 3.05) is 7.11 Å². The number of carbonyl (C=O) groups is 1. The molecule has 0 amide bonds. The van der Waals surface area contributed by atoms with E-state index in [1.54, 1.807) is 24.4 Å². The Morgan fingerprint density at radius 2 is 1.92 bits per heavy atom. The fraction of sp³-hybridized carbons (Fsp3) is 0.0526. The van der Waals surface area contributed by atoms with Crippen LogP contribution in [0.1, 0.15) is 16.1 Å². The van der Waals surface area contributed by atoms with Crippen molar-refractivity contribution in [2.45, 2.75) is 0 Å². The van der Waals surface area contributed by atoms with E-state index in [1.165, 1.54) is 7.11 Å².